The summed E-state index contributed by atoms with van der Waals surface area (Å²) in [7, 11) is 0.381. The van der Waals surface area contributed by atoms with E-state index in [1.165, 1.54) is 0 Å². The van der Waals surface area contributed by atoms with Crippen LogP contribution in [0.4, 0.5) is 0 Å². The summed E-state index contributed by atoms with van der Waals surface area (Å²) < 4.78 is 18.8. The molecular formula is C21H20O2S. The Bertz CT molecular complexity index is 883. The second-order valence-electron chi connectivity index (χ2n) is 5.73. The topological polar surface area (TPSA) is 26.3 Å². The average Bonchev–Trinajstić information content (AvgIpc) is 2.61. The molecule has 122 valence electrons. The summed E-state index contributed by atoms with van der Waals surface area (Å²) in [4.78, 5) is 1.57. The Morgan fingerprint density at radius 2 is 1.54 bits per heavy atom. The molecule has 0 N–H and O–H groups in total. The van der Waals surface area contributed by atoms with Crippen LogP contribution in [0.1, 0.15) is 11.1 Å². The minimum absolute atomic E-state index is 0.738. The molecule has 1 unspecified atom stereocenters. The van der Waals surface area contributed by atoms with Gasteiger partial charge in [0.05, 0.1) is 22.8 Å². The van der Waals surface area contributed by atoms with Gasteiger partial charge in [-0.15, -0.1) is 0 Å². The largest absolute Gasteiger partial charge is 0.496 e. The van der Waals surface area contributed by atoms with Crippen molar-refractivity contribution in [3.8, 4) is 16.9 Å². The first-order valence-electron chi connectivity index (χ1n) is 7.83. The van der Waals surface area contributed by atoms with Gasteiger partial charge < -0.3 is 4.74 Å². The van der Waals surface area contributed by atoms with E-state index in [0.29, 0.717) is 0 Å². The Kier molecular flexibility index (Phi) is 4.81. The van der Waals surface area contributed by atoms with Crippen LogP contribution >= 0.6 is 0 Å². The van der Waals surface area contributed by atoms with Crippen LogP contribution in [0.25, 0.3) is 11.1 Å². The molecule has 3 aromatic carbocycles. The molecule has 0 heterocycles. The molecule has 0 radical (unpaired) electrons. The zero-order valence-electron chi connectivity index (χ0n) is 14.1. The van der Waals surface area contributed by atoms with E-state index in [9.17, 15) is 4.21 Å². The Labute approximate surface area is 145 Å². The first-order valence-corrected chi connectivity index (χ1v) is 8.98. The SMILES string of the molecule is COc1cccc(S(=O)c2ccc(C)cc2)c1-c1ccccc1C. The van der Waals surface area contributed by atoms with Gasteiger partial charge in [0.15, 0.2) is 0 Å². The molecule has 24 heavy (non-hydrogen) atoms. The van der Waals surface area contributed by atoms with Gasteiger partial charge in [-0.2, -0.15) is 0 Å². The van der Waals surface area contributed by atoms with Crippen LogP contribution in [0.15, 0.2) is 76.5 Å². The van der Waals surface area contributed by atoms with E-state index in [0.717, 1.165) is 37.8 Å². The van der Waals surface area contributed by atoms with Gasteiger partial charge >= 0.3 is 0 Å². The Hall–Kier alpha value is -2.39. The van der Waals surface area contributed by atoms with Crippen LogP contribution in [-0.4, -0.2) is 11.3 Å². The molecule has 0 aliphatic carbocycles. The molecule has 3 rings (SSSR count). The summed E-state index contributed by atoms with van der Waals surface area (Å²) in [6, 6.07) is 21.6. The minimum atomic E-state index is -1.27. The predicted molar refractivity (Wildman–Crippen MR) is 99.0 cm³/mol. The van der Waals surface area contributed by atoms with Gasteiger partial charge in [0.2, 0.25) is 0 Å². The Balaban J connectivity index is 2.20. The molecular weight excluding hydrogens is 316 g/mol. The summed E-state index contributed by atoms with van der Waals surface area (Å²) in [5.41, 5.74) is 4.23. The number of hydrogen-bond acceptors (Lipinski definition) is 2. The summed E-state index contributed by atoms with van der Waals surface area (Å²) in [5, 5.41) is 0. The lowest BCUT2D eigenvalue weighted by Gasteiger charge is -2.16. The Morgan fingerprint density at radius 3 is 2.21 bits per heavy atom. The quantitative estimate of drug-likeness (QED) is 0.659. The Morgan fingerprint density at radius 1 is 0.833 bits per heavy atom. The number of hydrogen-bond donors (Lipinski definition) is 0. The van der Waals surface area contributed by atoms with Crippen LogP contribution in [0.2, 0.25) is 0 Å². The van der Waals surface area contributed by atoms with Crippen LogP contribution in [-0.2, 0) is 10.8 Å². The van der Waals surface area contributed by atoms with Gasteiger partial charge in [-0.05, 0) is 49.2 Å². The van der Waals surface area contributed by atoms with Gasteiger partial charge in [0.1, 0.15) is 5.75 Å². The van der Waals surface area contributed by atoms with Gasteiger partial charge in [-0.1, -0.05) is 48.0 Å². The molecule has 0 saturated carbocycles. The van der Waals surface area contributed by atoms with Crippen LogP contribution < -0.4 is 4.74 Å². The molecule has 0 fully saturated rings. The van der Waals surface area contributed by atoms with Crippen molar-refractivity contribution >= 4 is 10.8 Å². The van der Waals surface area contributed by atoms with Crippen LogP contribution in [0.3, 0.4) is 0 Å². The van der Waals surface area contributed by atoms with Crippen LogP contribution in [0.5, 0.6) is 5.75 Å². The lowest BCUT2D eigenvalue weighted by atomic mass is 10.00. The predicted octanol–water partition coefficient (Wildman–Crippen LogP) is 5.15. The summed E-state index contributed by atoms with van der Waals surface area (Å²) in [6.07, 6.45) is 0. The molecule has 0 bridgehead atoms. The first kappa shape index (κ1) is 16.5. The zero-order chi connectivity index (χ0) is 17.1. The standard InChI is InChI=1S/C21H20O2S/c1-15-11-13-17(14-12-15)24(22)20-10-6-9-19(23-3)21(20)18-8-5-4-7-16(18)2/h4-14H,1-3H3. The highest BCUT2D eigenvalue weighted by Crippen LogP contribution is 2.38. The van der Waals surface area contributed by atoms with Crippen molar-refractivity contribution in [2.45, 2.75) is 23.6 Å². The monoisotopic (exact) mass is 336 g/mol. The first-order chi connectivity index (χ1) is 11.6. The second-order valence-corrected chi connectivity index (χ2v) is 7.18. The highest BCUT2D eigenvalue weighted by molar-refractivity contribution is 7.85. The molecule has 2 nitrogen and oxygen atoms in total. The maximum atomic E-state index is 13.2. The van der Waals surface area contributed by atoms with E-state index in [1.807, 2.05) is 67.6 Å². The fourth-order valence-corrected chi connectivity index (χ4v) is 3.98. The lowest BCUT2D eigenvalue weighted by Crippen LogP contribution is -1.99. The van der Waals surface area contributed by atoms with E-state index < -0.39 is 10.8 Å². The van der Waals surface area contributed by atoms with Gasteiger partial charge in [0, 0.05) is 10.5 Å². The molecule has 0 amide bonds. The third-order valence-corrected chi connectivity index (χ3v) is 5.50. The van der Waals surface area contributed by atoms with Gasteiger partial charge in [0.25, 0.3) is 0 Å². The fraction of sp³-hybridized carbons (Fsp3) is 0.143. The number of aryl methyl sites for hydroxylation is 2. The highest BCUT2D eigenvalue weighted by atomic mass is 32.2. The van der Waals surface area contributed by atoms with Crippen molar-refractivity contribution in [2.75, 3.05) is 7.11 Å². The molecule has 0 spiro atoms. The van der Waals surface area contributed by atoms with Crippen molar-refractivity contribution in [1.29, 1.82) is 0 Å². The van der Waals surface area contributed by atoms with E-state index in [2.05, 4.69) is 13.0 Å². The fourth-order valence-electron chi connectivity index (χ4n) is 2.74. The molecule has 3 heteroatoms. The number of methoxy groups -OCH3 is 1. The van der Waals surface area contributed by atoms with Crippen molar-refractivity contribution in [1.82, 2.24) is 0 Å². The molecule has 0 aliphatic rings. The lowest BCUT2D eigenvalue weighted by molar-refractivity contribution is 0.415. The average molecular weight is 336 g/mol. The maximum absolute atomic E-state index is 13.2. The zero-order valence-corrected chi connectivity index (χ0v) is 14.9. The van der Waals surface area contributed by atoms with E-state index >= 15 is 0 Å². The minimum Gasteiger partial charge on any atom is -0.496 e. The number of ether oxygens (including phenoxy) is 1. The van der Waals surface area contributed by atoms with E-state index in [1.54, 1.807) is 7.11 Å². The van der Waals surface area contributed by atoms with Gasteiger partial charge in [-0.3, -0.25) is 0 Å². The molecule has 0 aromatic heterocycles. The summed E-state index contributed by atoms with van der Waals surface area (Å²) in [5.74, 6) is 0.738. The summed E-state index contributed by atoms with van der Waals surface area (Å²) >= 11 is 0. The third kappa shape index (κ3) is 3.13. The van der Waals surface area contributed by atoms with Crippen molar-refractivity contribution in [3.05, 3.63) is 77.9 Å². The smallest absolute Gasteiger partial charge is 0.127 e. The normalized spacial score (nSPS) is 12.0. The number of rotatable bonds is 4. The van der Waals surface area contributed by atoms with Gasteiger partial charge in [-0.25, -0.2) is 4.21 Å². The molecule has 0 aliphatic heterocycles. The molecule has 0 saturated heterocycles. The van der Waals surface area contributed by atoms with E-state index in [4.69, 9.17) is 4.74 Å². The van der Waals surface area contributed by atoms with Crippen molar-refractivity contribution < 1.29 is 8.95 Å². The molecule has 1 atom stereocenters. The number of benzene rings is 3. The van der Waals surface area contributed by atoms with Crippen molar-refractivity contribution in [2.24, 2.45) is 0 Å². The second kappa shape index (κ2) is 7.02. The molecule has 3 aromatic rings. The third-order valence-electron chi connectivity index (χ3n) is 4.06. The highest BCUT2D eigenvalue weighted by Gasteiger charge is 2.18. The van der Waals surface area contributed by atoms with E-state index in [-0.39, 0.29) is 0 Å². The van der Waals surface area contributed by atoms with Crippen LogP contribution in [0, 0.1) is 13.8 Å². The van der Waals surface area contributed by atoms with Crippen molar-refractivity contribution in [3.63, 3.8) is 0 Å². The summed E-state index contributed by atoms with van der Waals surface area (Å²) in [6.45, 7) is 4.08. The maximum Gasteiger partial charge on any atom is 0.127 e.